The van der Waals surface area contributed by atoms with E-state index in [1.54, 1.807) is 19.1 Å². The van der Waals surface area contributed by atoms with Gasteiger partial charge in [0.25, 0.3) is 9.05 Å². The van der Waals surface area contributed by atoms with Gasteiger partial charge in [-0.1, -0.05) is 6.07 Å². The summed E-state index contributed by atoms with van der Waals surface area (Å²) < 4.78 is 33.5. The van der Waals surface area contributed by atoms with E-state index in [-0.39, 0.29) is 23.4 Å². The molecule has 1 aromatic rings. The molecule has 0 amide bonds. The van der Waals surface area contributed by atoms with Gasteiger partial charge < -0.3 is 9.47 Å². The summed E-state index contributed by atoms with van der Waals surface area (Å²) in [7, 11) is 1.56. The van der Waals surface area contributed by atoms with Crippen LogP contribution < -0.4 is 4.74 Å². The van der Waals surface area contributed by atoms with Crippen LogP contribution in [0.4, 0.5) is 0 Å². The van der Waals surface area contributed by atoms with Crippen molar-refractivity contribution in [2.75, 3.05) is 13.2 Å². The molecule has 0 saturated heterocycles. The lowest BCUT2D eigenvalue weighted by Crippen LogP contribution is -2.12. The molecule has 4 nitrogen and oxygen atoms in total. The van der Waals surface area contributed by atoms with Gasteiger partial charge in [-0.15, -0.1) is 0 Å². The number of halogens is 1. The number of hydrogen-bond acceptors (Lipinski definition) is 4. The van der Waals surface area contributed by atoms with Crippen molar-refractivity contribution in [1.29, 1.82) is 0 Å². The molecule has 102 valence electrons. The first-order chi connectivity index (χ1) is 8.30. The number of aryl methyl sites for hydroxylation is 1. The van der Waals surface area contributed by atoms with Gasteiger partial charge in [-0.2, -0.15) is 0 Å². The highest BCUT2D eigenvalue weighted by atomic mass is 35.7. The molecule has 1 rings (SSSR count). The summed E-state index contributed by atoms with van der Waals surface area (Å²) in [5.74, 6) is 0.253. The van der Waals surface area contributed by atoms with Crippen LogP contribution in [0.5, 0.6) is 5.75 Å². The van der Waals surface area contributed by atoms with E-state index in [4.69, 9.17) is 20.2 Å². The summed E-state index contributed by atoms with van der Waals surface area (Å²) in [6, 6.07) is 4.85. The second-order valence-corrected chi connectivity index (χ2v) is 6.69. The first kappa shape index (κ1) is 15.3. The predicted octanol–water partition coefficient (Wildman–Crippen LogP) is 2.73. The Balaban J connectivity index is 2.77. The van der Waals surface area contributed by atoms with Gasteiger partial charge in [0.15, 0.2) is 0 Å². The number of ether oxygens (including phenoxy) is 2. The van der Waals surface area contributed by atoms with Gasteiger partial charge in [-0.25, -0.2) is 8.42 Å². The van der Waals surface area contributed by atoms with Crippen LogP contribution >= 0.6 is 10.7 Å². The quantitative estimate of drug-likeness (QED) is 0.597. The van der Waals surface area contributed by atoms with Crippen molar-refractivity contribution >= 4 is 19.7 Å². The fraction of sp³-hybridized carbons (Fsp3) is 0.500. The van der Waals surface area contributed by atoms with E-state index in [0.717, 1.165) is 5.56 Å². The third kappa shape index (κ3) is 4.84. The molecule has 0 radical (unpaired) electrons. The van der Waals surface area contributed by atoms with Gasteiger partial charge in [0.05, 0.1) is 12.7 Å². The molecular formula is C12H17ClO4S. The van der Waals surface area contributed by atoms with E-state index in [1.807, 2.05) is 13.8 Å². The minimum absolute atomic E-state index is 0.00582. The maximum Gasteiger partial charge on any atom is 0.264 e. The van der Waals surface area contributed by atoms with E-state index < -0.39 is 9.05 Å². The highest BCUT2D eigenvalue weighted by molar-refractivity contribution is 8.13. The second kappa shape index (κ2) is 6.41. The van der Waals surface area contributed by atoms with Crippen LogP contribution in [0.1, 0.15) is 19.4 Å². The Morgan fingerprint density at radius 3 is 2.50 bits per heavy atom. The van der Waals surface area contributed by atoms with Crippen molar-refractivity contribution in [3.8, 4) is 5.75 Å². The molecule has 0 heterocycles. The van der Waals surface area contributed by atoms with Gasteiger partial charge >= 0.3 is 0 Å². The predicted molar refractivity (Wildman–Crippen MR) is 70.8 cm³/mol. The Bertz CT molecular complexity index is 497. The SMILES string of the molecule is Cc1ccc(OCCOC(C)C)c(S(=O)(=O)Cl)c1. The zero-order valence-electron chi connectivity index (χ0n) is 10.6. The monoisotopic (exact) mass is 292 g/mol. The van der Waals surface area contributed by atoms with Crippen molar-refractivity contribution in [3.05, 3.63) is 23.8 Å². The van der Waals surface area contributed by atoms with Crippen LogP contribution in [-0.4, -0.2) is 27.7 Å². The first-order valence-corrected chi connectivity index (χ1v) is 7.91. The molecule has 0 aliphatic carbocycles. The highest BCUT2D eigenvalue weighted by Gasteiger charge is 2.17. The minimum atomic E-state index is -3.80. The largest absolute Gasteiger partial charge is 0.490 e. The van der Waals surface area contributed by atoms with E-state index >= 15 is 0 Å². The third-order valence-electron chi connectivity index (χ3n) is 2.15. The molecule has 0 fully saturated rings. The van der Waals surface area contributed by atoms with Crippen molar-refractivity contribution in [2.24, 2.45) is 0 Å². The minimum Gasteiger partial charge on any atom is -0.490 e. The van der Waals surface area contributed by atoms with Gasteiger partial charge in [0.2, 0.25) is 0 Å². The van der Waals surface area contributed by atoms with Crippen LogP contribution in [0.25, 0.3) is 0 Å². The van der Waals surface area contributed by atoms with Crippen LogP contribution in [-0.2, 0) is 13.8 Å². The zero-order chi connectivity index (χ0) is 13.8. The maximum absolute atomic E-state index is 11.4. The summed E-state index contributed by atoms with van der Waals surface area (Å²) in [4.78, 5) is -0.00582. The van der Waals surface area contributed by atoms with E-state index in [0.29, 0.717) is 6.61 Å². The Morgan fingerprint density at radius 1 is 1.28 bits per heavy atom. The van der Waals surface area contributed by atoms with E-state index in [9.17, 15) is 8.42 Å². The smallest absolute Gasteiger partial charge is 0.264 e. The summed E-state index contributed by atoms with van der Waals surface area (Å²) >= 11 is 0. The molecule has 0 aliphatic rings. The maximum atomic E-state index is 11.4. The number of benzene rings is 1. The lowest BCUT2D eigenvalue weighted by atomic mass is 10.2. The Labute approximate surface area is 112 Å². The van der Waals surface area contributed by atoms with Crippen molar-refractivity contribution < 1.29 is 17.9 Å². The topological polar surface area (TPSA) is 52.6 Å². The fourth-order valence-corrected chi connectivity index (χ4v) is 2.42. The summed E-state index contributed by atoms with van der Waals surface area (Å²) in [5, 5.41) is 0. The Morgan fingerprint density at radius 2 is 1.94 bits per heavy atom. The molecule has 0 N–H and O–H groups in total. The number of hydrogen-bond donors (Lipinski definition) is 0. The zero-order valence-corrected chi connectivity index (χ0v) is 12.2. The van der Waals surface area contributed by atoms with Crippen molar-refractivity contribution in [3.63, 3.8) is 0 Å². The van der Waals surface area contributed by atoms with Gasteiger partial charge in [0.1, 0.15) is 17.3 Å². The average Bonchev–Trinajstić information content (AvgIpc) is 2.24. The summed E-state index contributed by atoms with van der Waals surface area (Å²) in [6.07, 6.45) is 0.114. The lowest BCUT2D eigenvalue weighted by Gasteiger charge is -2.11. The molecular weight excluding hydrogens is 276 g/mol. The normalized spacial score (nSPS) is 11.8. The first-order valence-electron chi connectivity index (χ1n) is 5.60. The Hall–Kier alpha value is -0.780. The van der Waals surface area contributed by atoms with Gasteiger partial charge in [-0.3, -0.25) is 0 Å². The van der Waals surface area contributed by atoms with Gasteiger partial charge in [0, 0.05) is 10.7 Å². The van der Waals surface area contributed by atoms with E-state index in [2.05, 4.69) is 0 Å². The van der Waals surface area contributed by atoms with Crippen LogP contribution in [0, 0.1) is 6.92 Å². The summed E-state index contributed by atoms with van der Waals surface area (Å²) in [6.45, 7) is 6.30. The molecule has 0 spiro atoms. The van der Waals surface area contributed by atoms with Crippen molar-refractivity contribution in [1.82, 2.24) is 0 Å². The third-order valence-corrected chi connectivity index (χ3v) is 3.50. The standard InChI is InChI=1S/C12H17ClO4S/c1-9(2)16-6-7-17-11-5-4-10(3)8-12(11)18(13,14)15/h4-5,8-9H,6-7H2,1-3H3. The highest BCUT2D eigenvalue weighted by Crippen LogP contribution is 2.27. The molecule has 0 aliphatic heterocycles. The molecule has 0 atom stereocenters. The van der Waals surface area contributed by atoms with Crippen molar-refractivity contribution in [2.45, 2.75) is 31.8 Å². The molecule has 6 heteroatoms. The molecule has 0 bridgehead atoms. The molecule has 1 aromatic carbocycles. The molecule has 0 unspecified atom stereocenters. The van der Waals surface area contributed by atoms with Crippen LogP contribution in [0.15, 0.2) is 23.1 Å². The Kier molecular flexibility index (Phi) is 5.44. The average molecular weight is 293 g/mol. The van der Waals surface area contributed by atoms with E-state index in [1.165, 1.54) is 6.07 Å². The number of rotatable bonds is 6. The molecule has 0 saturated carbocycles. The van der Waals surface area contributed by atoms with Crippen LogP contribution in [0.3, 0.4) is 0 Å². The van der Waals surface area contributed by atoms with Gasteiger partial charge in [-0.05, 0) is 38.5 Å². The summed E-state index contributed by atoms with van der Waals surface area (Å²) in [5.41, 5.74) is 0.806. The molecule has 0 aromatic heterocycles. The lowest BCUT2D eigenvalue weighted by molar-refractivity contribution is 0.0546. The fourth-order valence-electron chi connectivity index (χ4n) is 1.36. The van der Waals surface area contributed by atoms with Crippen LogP contribution in [0.2, 0.25) is 0 Å². The second-order valence-electron chi connectivity index (χ2n) is 4.16. The molecule has 18 heavy (non-hydrogen) atoms.